The van der Waals surface area contributed by atoms with Crippen molar-refractivity contribution in [3.63, 3.8) is 0 Å². The minimum atomic E-state index is 0.486. The number of anilines is 1. The van der Waals surface area contributed by atoms with Crippen LogP contribution in [0.1, 0.15) is 54.7 Å². The van der Waals surface area contributed by atoms with Crippen LogP contribution in [0.4, 0.5) is 5.82 Å². The number of tetrazole rings is 1. The van der Waals surface area contributed by atoms with Gasteiger partial charge in [0.1, 0.15) is 5.82 Å². The SMILES string of the molecule is Cc1ccc(-c2nc3c(nc2-c2ccc(C)cc2)N(C)C(CCCCCc2nnn[nH]2)CC3)cc1. The number of fused-ring (bicyclic) bond motifs is 1. The normalized spacial score (nSPS) is 15.3. The van der Waals surface area contributed by atoms with Crippen molar-refractivity contribution in [3.8, 4) is 22.5 Å². The van der Waals surface area contributed by atoms with Gasteiger partial charge in [-0.15, -0.1) is 5.10 Å². The van der Waals surface area contributed by atoms with Crippen LogP contribution in [0, 0.1) is 13.8 Å². The number of nitrogens with one attached hydrogen (secondary N) is 1. The van der Waals surface area contributed by atoms with E-state index in [2.05, 4.69) is 95.0 Å². The van der Waals surface area contributed by atoms with Gasteiger partial charge >= 0.3 is 0 Å². The quantitative estimate of drug-likeness (QED) is 0.345. The average molecular weight is 468 g/mol. The Hall–Kier alpha value is -3.61. The lowest BCUT2D eigenvalue weighted by Gasteiger charge is -2.35. The fourth-order valence-corrected chi connectivity index (χ4v) is 4.88. The van der Waals surface area contributed by atoms with Gasteiger partial charge in [0.2, 0.25) is 0 Å². The van der Waals surface area contributed by atoms with E-state index < -0.39 is 0 Å². The molecule has 4 aromatic rings. The van der Waals surface area contributed by atoms with Crippen molar-refractivity contribution in [3.05, 3.63) is 71.2 Å². The van der Waals surface area contributed by atoms with Crippen LogP contribution in [-0.2, 0) is 12.8 Å². The molecule has 1 unspecified atom stereocenters. The van der Waals surface area contributed by atoms with Crippen LogP contribution in [0.15, 0.2) is 48.5 Å². The first kappa shape index (κ1) is 23.1. The van der Waals surface area contributed by atoms with Crippen molar-refractivity contribution in [2.24, 2.45) is 0 Å². The predicted molar refractivity (Wildman–Crippen MR) is 139 cm³/mol. The molecule has 7 nitrogen and oxygen atoms in total. The maximum atomic E-state index is 5.26. The third-order valence-corrected chi connectivity index (χ3v) is 7.03. The van der Waals surface area contributed by atoms with Crippen molar-refractivity contribution < 1.29 is 0 Å². The molecular formula is C28H33N7. The summed E-state index contributed by atoms with van der Waals surface area (Å²) in [6.07, 6.45) is 7.60. The smallest absolute Gasteiger partial charge is 0.151 e. The minimum absolute atomic E-state index is 0.486. The molecule has 180 valence electrons. The number of H-pyrrole nitrogens is 1. The summed E-state index contributed by atoms with van der Waals surface area (Å²) < 4.78 is 0. The van der Waals surface area contributed by atoms with Gasteiger partial charge in [-0.1, -0.05) is 72.5 Å². The largest absolute Gasteiger partial charge is 0.355 e. The number of rotatable bonds is 8. The van der Waals surface area contributed by atoms with E-state index in [1.54, 1.807) is 0 Å². The van der Waals surface area contributed by atoms with E-state index in [1.165, 1.54) is 24.0 Å². The van der Waals surface area contributed by atoms with E-state index in [1.807, 2.05) is 0 Å². The van der Waals surface area contributed by atoms with E-state index in [0.717, 1.165) is 72.0 Å². The predicted octanol–water partition coefficient (Wildman–Crippen LogP) is 5.49. The second kappa shape index (κ2) is 10.3. The lowest BCUT2D eigenvalue weighted by molar-refractivity contribution is 0.480. The van der Waals surface area contributed by atoms with Gasteiger partial charge in [0, 0.05) is 30.6 Å². The van der Waals surface area contributed by atoms with E-state index in [0.29, 0.717) is 6.04 Å². The van der Waals surface area contributed by atoms with Gasteiger partial charge in [-0.05, 0) is 50.0 Å². The fourth-order valence-electron chi connectivity index (χ4n) is 4.88. The van der Waals surface area contributed by atoms with Crippen molar-refractivity contribution >= 4 is 5.82 Å². The monoisotopic (exact) mass is 467 g/mol. The number of hydrogen-bond donors (Lipinski definition) is 1. The molecule has 1 aliphatic rings. The van der Waals surface area contributed by atoms with Crippen molar-refractivity contribution in [2.75, 3.05) is 11.9 Å². The van der Waals surface area contributed by atoms with Crippen molar-refractivity contribution in [1.82, 2.24) is 30.6 Å². The summed E-state index contributed by atoms with van der Waals surface area (Å²) in [5.41, 5.74) is 7.76. The Bertz CT molecular complexity index is 1250. The molecule has 0 spiro atoms. The zero-order valence-corrected chi connectivity index (χ0v) is 20.8. The molecule has 35 heavy (non-hydrogen) atoms. The van der Waals surface area contributed by atoms with Crippen LogP contribution in [0.3, 0.4) is 0 Å². The lowest BCUT2D eigenvalue weighted by atomic mass is 9.96. The highest BCUT2D eigenvalue weighted by Crippen LogP contribution is 2.36. The van der Waals surface area contributed by atoms with E-state index in [9.17, 15) is 0 Å². The number of aryl methyl sites for hydroxylation is 4. The molecule has 1 atom stereocenters. The topological polar surface area (TPSA) is 83.5 Å². The Morgan fingerprint density at radius 1 is 0.857 bits per heavy atom. The van der Waals surface area contributed by atoms with Crippen LogP contribution >= 0.6 is 0 Å². The summed E-state index contributed by atoms with van der Waals surface area (Å²) in [6, 6.07) is 17.7. The number of hydrogen-bond acceptors (Lipinski definition) is 6. The minimum Gasteiger partial charge on any atom is -0.355 e. The zero-order chi connectivity index (χ0) is 24.2. The van der Waals surface area contributed by atoms with Gasteiger partial charge in [-0.3, -0.25) is 0 Å². The first-order valence-electron chi connectivity index (χ1n) is 12.6. The summed E-state index contributed by atoms with van der Waals surface area (Å²) in [5.74, 6) is 1.90. The number of unbranched alkanes of at least 4 members (excludes halogenated alkanes) is 2. The molecule has 2 aromatic heterocycles. The van der Waals surface area contributed by atoms with Crippen molar-refractivity contribution in [1.29, 1.82) is 0 Å². The molecule has 1 N–H and O–H groups in total. The third-order valence-electron chi connectivity index (χ3n) is 7.03. The summed E-state index contributed by atoms with van der Waals surface area (Å²) in [7, 11) is 2.18. The summed E-state index contributed by atoms with van der Waals surface area (Å²) in [4.78, 5) is 12.8. The second-order valence-electron chi connectivity index (χ2n) is 9.67. The number of nitrogens with zero attached hydrogens (tertiary/aromatic N) is 6. The first-order chi connectivity index (χ1) is 17.1. The second-order valence-corrected chi connectivity index (χ2v) is 9.67. The molecule has 1 aliphatic heterocycles. The van der Waals surface area contributed by atoms with Crippen LogP contribution in [0.25, 0.3) is 22.5 Å². The summed E-state index contributed by atoms with van der Waals surface area (Å²) >= 11 is 0. The molecule has 0 saturated heterocycles. The molecular weight excluding hydrogens is 434 g/mol. The fraction of sp³-hybridized carbons (Fsp3) is 0.393. The Morgan fingerprint density at radius 2 is 1.51 bits per heavy atom. The van der Waals surface area contributed by atoms with E-state index >= 15 is 0 Å². The Kier molecular flexibility index (Phi) is 6.84. The number of benzene rings is 2. The molecule has 0 aliphatic carbocycles. The highest BCUT2D eigenvalue weighted by atomic mass is 15.5. The Labute approximate surface area is 207 Å². The van der Waals surface area contributed by atoms with Crippen LogP contribution in [0.5, 0.6) is 0 Å². The van der Waals surface area contributed by atoms with E-state index in [4.69, 9.17) is 9.97 Å². The standard InChI is InChI=1S/C28H33N7/c1-19-9-13-21(14-10-19)26-27(22-15-11-20(2)12-16-22)30-28-24(29-26)18-17-23(35(28)3)7-5-4-6-8-25-31-33-34-32-25/h9-16,23H,4-8,17-18H2,1-3H3,(H,31,32,33,34). The van der Waals surface area contributed by atoms with Crippen LogP contribution in [0.2, 0.25) is 0 Å². The van der Waals surface area contributed by atoms with Crippen LogP contribution < -0.4 is 4.90 Å². The van der Waals surface area contributed by atoms with Gasteiger partial charge in [0.25, 0.3) is 0 Å². The molecule has 5 rings (SSSR count). The number of aromatic amines is 1. The lowest BCUT2D eigenvalue weighted by Crippen LogP contribution is -2.37. The maximum Gasteiger partial charge on any atom is 0.151 e. The maximum absolute atomic E-state index is 5.26. The molecule has 7 heteroatoms. The van der Waals surface area contributed by atoms with Gasteiger partial charge in [-0.25, -0.2) is 15.1 Å². The molecule has 3 heterocycles. The van der Waals surface area contributed by atoms with Gasteiger partial charge in [0.15, 0.2) is 5.82 Å². The molecule has 0 saturated carbocycles. The van der Waals surface area contributed by atoms with Crippen LogP contribution in [-0.4, -0.2) is 43.7 Å². The molecule has 0 bridgehead atoms. The Morgan fingerprint density at radius 3 is 2.14 bits per heavy atom. The highest BCUT2D eigenvalue weighted by molar-refractivity contribution is 5.79. The van der Waals surface area contributed by atoms with Gasteiger partial charge in [0.05, 0.1) is 17.1 Å². The molecule has 0 radical (unpaired) electrons. The molecule has 0 fully saturated rings. The first-order valence-corrected chi connectivity index (χ1v) is 12.6. The zero-order valence-electron chi connectivity index (χ0n) is 20.8. The van der Waals surface area contributed by atoms with Gasteiger partial charge in [-0.2, -0.15) is 0 Å². The number of aromatic nitrogens is 6. The van der Waals surface area contributed by atoms with Gasteiger partial charge < -0.3 is 4.90 Å². The summed E-state index contributed by atoms with van der Waals surface area (Å²) in [5, 5.41) is 14.1. The van der Waals surface area contributed by atoms with Crippen molar-refractivity contribution in [2.45, 2.75) is 64.8 Å². The average Bonchev–Trinajstić information content (AvgIpc) is 3.39. The Balaban J connectivity index is 1.37. The van der Waals surface area contributed by atoms with E-state index in [-0.39, 0.29) is 0 Å². The summed E-state index contributed by atoms with van der Waals surface area (Å²) in [6.45, 7) is 4.23. The molecule has 2 aromatic carbocycles. The highest BCUT2D eigenvalue weighted by Gasteiger charge is 2.27. The third kappa shape index (κ3) is 5.24. The molecule has 0 amide bonds.